The van der Waals surface area contributed by atoms with Crippen LogP contribution in [0.2, 0.25) is 0 Å². The highest BCUT2D eigenvalue weighted by Gasteiger charge is 2.00. The molecule has 0 fully saturated rings. The lowest BCUT2D eigenvalue weighted by Gasteiger charge is -2.05. The van der Waals surface area contributed by atoms with Gasteiger partial charge in [-0.15, -0.1) is 0 Å². The summed E-state index contributed by atoms with van der Waals surface area (Å²) >= 11 is 0. The third kappa shape index (κ3) is 30.2. The van der Waals surface area contributed by atoms with Crippen LogP contribution < -0.4 is 4.74 Å². The van der Waals surface area contributed by atoms with Crippen LogP contribution in [-0.2, 0) is 6.42 Å². The van der Waals surface area contributed by atoms with E-state index in [-0.39, 0.29) is 0 Å². The largest absolute Gasteiger partial charge is 0.497 e. The third-order valence-electron chi connectivity index (χ3n) is 9.75. The van der Waals surface area contributed by atoms with Gasteiger partial charge in [-0.05, 0) is 120 Å². The van der Waals surface area contributed by atoms with Gasteiger partial charge in [0.2, 0.25) is 0 Å². The van der Waals surface area contributed by atoms with Crippen LogP contribution in [0.5, 0.6) is 5.75 Å². The van der Waals surface area contributed by atoms with Crippen LogP contribution in [0, 0.1) is 32.6 Å². The molecule has 0 saturated heterocycles. The van der Waals surface area contributed by atoms with Gasteiger partial charge in [0, 0.05) is 11.9 Å². The number of pyridine rings is 1. The molecule has 0 spiro atoms. The molecule has 0 amide bonds. The number of methoxy groups -OCH3 is 1. The van der Waals surface area contributed by atoms with Crippen molar-refractivity contribution in [1.82, 2.24) is 4.98 Å². The number of benzene rings is 5. The molecule has 2 heteroatoms. The van der Waals surface area contributed by atoms with E-state index in [0.717, 1.165) is 17.6 Å². The minimum Gasteiger partial charge on any atom is -0.497 e. The maximum Gasteiger partial charge on any atom is 0.118 e. The molecule has 0 unspecified atom stereocenters. The molecule has 0 saturated carbocycles. The van der Waals surface area contributed by atoms with Gasteiger partial charge in [0.1, 0.15) is 5.75 Å². The van der Waals surface area contributed by atoms with E-state index in [4.69, 9.17) is 4.74 Å². The molecule has 6 aromatic rings. The second kappa shape index (κ2) is 34.5. The second-order valence-electron chi connectivity index (χ2n) is 19.4. The topological polar surface area (TPSA) is 22.1 Å². The molecule has 1 heterocycles. The quantitative estimate of drug-likeness (QED) is 0.152. The molecular formula is C62H91NO. The van der Waals surface area contributed by atoms with E-state index in [0.29, 0.717) is 29.6 Å². The lowest BCUT2D eigenvalue weighted by Crippen LogP contribution is -1.92. The smallest absolute Gasteiger partial charge is 0.118 e. The zero-order valence-corrected chi connectivity index (χ0v) is 44.0. The van der Waals surface area contributed by atoms with E-state index >= 15 is 0 Å². The molecule has 0 bridgehead atoms. The molecule has 1 aromatic heterocycles. The minimum absolute atomic E-state index is 0.542. The van der Waals surface area contributed by atoms with Crippen molar-refractivity contribution in [2.24, 2.45) is 11.8 Å². The second-order valence-corrected chi connectivity index (χ2v) is 19.4. The summed E-state index contributed by atoms with van der Waals surface area (Å²) in [6.45, 7) is 39.2. The van der Waals surface area contributed by atoms with E-state index < -0.39 is 0 Å². The molecule has 6 rings (SSSR count). The van der Waals surface area contributed by atoms with Gasteiger partial charge in [0.05, 0.1) is 7.11 Å². The van der Waals surface area contributed by atoms with Crippen molar-refractivity contribution in [2.75, 3.05) is 7.11 Å². The Morgan fingerprint density at radius 3 is 0.984 bits per heavy atom. The Morgan fingerprint density at radius 1 is 0.375 bits per heavy atom. The summed E-state index contributed by atoms with van der Waals surface area (Å²) in [6, 6.07) is 50.9. The van der Waals surface area contributed by atoms with E-state index in [1.54, 1.807) is 7.11 Å². The van der Waals surface area contributed by atoms with Crippen LogP contribution in [0.1, 0.15) is 184 Å². The Balaban J connectivity index is 0.000000732. The van der Waals surface area contributed by atoms with Gasteiger partial charge in [0.25, 0.3) is 0 Å². The zero-order valence-electron chi connectivity index (χ0n) is 44.0. The average molecular weight is 866 g/mol. The van der Waals surface area contributed by atoms with Gasteiger partial charge in [0.15, 0.2) is 0 Å². The van der Waals surface area contributed by atoms with Gasteiger partial charge in [-0.25, -0.2) is 0 Å². The van der Waals surface area contributed by atoms with Crippen molar-refractivity contribution in [3.05, 3.63) is 202 Å². The van der Waals surface area contributed by atoms with Crippen molar-refractivity contribution in [3.63, 3.8) is 0 Å². The van der Waals surface area contributed by atoms with Gasteiger partial charge in [-0.2, -0.15) is 0 Å². The van der Waals surface area contributed by atoms with Gasteiger partial charge in [-0.3, -0.25) is 4.98 Å². The summed E-state index contributed by atoms with van der Waals surface area (Å²) < 4.78 is 5.05. The molecule has 5 aromatic carbocycles. The SMILES string of the molecule is CC(C)C.CC(C)Cc1ccccc1.CC(C)c1ccccc1.COc1ccc(C(C)C)cc1.Cc1ccc(C(C)C)cc1.Cc1ccc(C(C)C)cc1.Cc1ccc(C(C)C)nc1. The summed E-state index contributed by atoms with van der Waals surface area (Å²) in [6.07, 6.45) is 3.11. The molecule has 0 atom stereocenters. The molecule has 64 heavy (non-hydrogen) atoms. The third-order valence-corrected chi connectivity index (χ3v) is 9.75. The Bertz CT molecular complexity index is 1820. The Morgan fingerprint density at radius 2 is 0.703 bits per heavy atom. The van der Waals surface area contributed by atoms with E-state index in [2.05, 4.69) is 257 Å². The van der Waals surface area contributed by atoms with Crippen LogP contribution in [0.3, 0.4) is 0 Å². The summed E-state index contributed by atoms with van der Waals surface area (Å²) in [7, 11) is 1.68. The van der Waals surface area contributed by atoms with E-state index in [1.165, 1.54) is 56.6 Å². The number of hydrogen-bond acceptors (Lipinski definition) is 2. The molecule has 0 N–H and O–H groups in total. The number of aryl methyl sites for hydroxylation is 3. The Hall–Kier alpha value is -4.95. The maximum atomic E-state index is 5.05. The van der Waals surface area contributed by atoms with Gasteiger partial charge < -0.3 is 4.74 Å². The molecule has 0 radical (unpaired) electrons. The number of ether oxygens (including phenoxy) is 1. The average Bonchev–Trinajstić information content (AvgIpc) is 3.25. The lowest BCUT2D eigenvalue weighted by molar-refractivity contribution is 0.414. The predicted octanol–water partition coefficient (Wildman–Crippen LogP) is 18.9. The standard InChI is InChI=1S/C10H14O.3C10H14.C9H13N.C9H12.C4H10/c1-8(2)9-4-6-10(11-3)7-5-9;2*1-8(2)10-6-4-9(3)5-7-10;1-9(2)8-10-6-4-3-5-7-10;1-7(2)9-5-4-8(3)6-10-9;1-8(2)9-6-4-3-5-7-9;1-4(2)3/h4-8H,1-3H3;2*4-8H,1-3H3;3-7,9H,8H2,1-2H3;4-7H,1-3H3;3-8H,1-2H3;4H,1-3H3. The first-order valence-corrected chi connectivity index (χ1v) is 23.9. The number of rotatable bonds is 8. The fourth-order valence-corrected chi connectivity index (χ4v) is 5.64. The van der Waals surface area contributed by atoms with Crippen LogP contribution in [0.15, 0.2) is 152 Å². The van der Waals surface area contributed by atoms with Crippen LogP contribution in [-0.4, -0.2) is 12.1 Å². The normalized spacial score (nSPS) is 10.2. The van der Waals surface area contributed by atoms with E-state index in [1.807, 2.05) is 24.4 Å². The molecule has 0 aliphatic carbocycles. The maximum absolute atomic E-state index is 5.05. The summed E-state index contributed by atoms with van der Waals surface area (Å²) in [5.41, 5.74) is 12.1. The highest BCUT2D eigenvalue weighted by molar-refractivity contribution is 5.29. The molecule has 0 aliphatic rings. The zero-order chi connectivity index (χ0) is 48.6. The summed E-state index contributed by atoms with van der Waals surface area (Å²) in [5.74, 6) is 5.63. The fraction of sp³-hybridized carbons (Fsp3) is 0.435. The highest BCUT2D eigenvalue weighted by atomic mass is 16.5. The number of nitrogens with zero attached hydrogens (tertiary/aromatic N) is 1. The molecular weight excluding hydrogens is 775 g/mol. The number of aromatic nitrogens is 1. The van der Waals surface area contributed by atoms with Crippen LogP contribution in [0.4, 0.5) is 0 Å². The van der Waals surface area contributed by atoms with Crippen molar-refractivity contribution >= 4 is 0 Å². The van der Waals surface area contributed by atoms with Crippen molar-refractivity contribution in [1.29, 1.82) is 0 Å². The van der Waals surface area contributed by atoms with Crippen LogP contribution >= 0.6 is 0 Å². The van der Waals surface area contributed by atoms with Crippen molar-refractivity contribution in [2.45, 2.75) is 161 Å². The van der Waals surface area contributed by atoms with Crippen molar-refractivity contribution < 1.29 is 4.74 Å². The fourth-order valence-electron chi connectivity index (χ4n) is 5.64. The first kappa shape index (κ1) is 59.1. The molecule has 2 nitrogen and oxygen atoms in total. The predicted molar refractivity (Wildman–Crippen MR) is 287 cm³/mol. The lowest BCUT2D eigenvalue weighted by atomic mass is 10.0. The number of hydrogen-bond donors (Lipinski definition) is 0. The van der Waals surface area contributed by atoms with Crippen LogP contribution in [0.25, 0.3) is 0 Å². The monoisotopic (exact) mass is 866 g/mol. The molecule has 350 valence electrons. The first-order chi connectivity index (χ1) is 30.2. The van der Waals surface area contributed by atoms with Gasteiger partial charge >= 0.3 is 0 Å². The highest BCUT2D eigenvalue weighted by Crippen LogP contribution is 2.18. The Labute approximate surface area is 395 Å². The summed E-state index contributed by atoms with van der Waals surface area (Å²) in [5, 5.41) is 0. The first-order valence-electron chi connectivity index (χ1n) is 23.9. The summed E-state index contributed by atoms with van der Waals surface area (Å²) in [4.78, 5) is 4.28. The van der Waals surface area contributed by atoms with Gasteiger partial charge in [-0.1, -0.05) is 242 Å². The van der Waals surface area contributed by atoms with E-state index in [9.17, 15) is 0 Å². The minimum atomic E-state index is 0.542. The van der Waals surface area contributed by atoms with Crippen molar-refractivity contribution in [3.8, 4) is 5.75 Å². The molecule has 0 aliphatic heterocycles. The Kier molecular flexibility index (Phi) is 31.8.